The van der Waals surface area contributed by atoms with E-state index in [-0.39, 0.29) is 5.41 Å². The average Bonchev–Trinajstić information content (AvgIpc) is 2.35. The van der Waals surface area contributed by atoms with Crippen LogP contribution >= 0.6 is 11.6 Å². The molecule has 0 radical (unpaired) electrons. The molecule has 0 aromatic heterocycles. The lowest BCUT2D eigenvalue weighted by molar-refractivity contribution is 0.354. The van der Waals surface area contributed by atoms with Crippen LogP contribution in [-0.4, -0.2) is 21.3 Å². The van der Waals surface area contributed by atoms with E-state index in [0.717, 1.165) is 17.7 Å². The van der Waals surface area contributed by atoms with Gasteiger partial charge in [0, 0.05) is 5.88 Å². The molecule has 112 valence electrons. The van der Waals surface area contributed by atoms with Crippen molar-refractivity contribution in [3.05, 3.63) is 35.9 Å². The smallest absolute Gasteiger partial charge is 0.122 e. The molecule has 0 fully saturated rings. The van der Waals surface area contributed by atoms with Crippen LogP contribution in [0.5, 0.6) is 5.75 Å². The Morgan fingerprint density at radius 2 is 2.00 bits per heavy atom. The van der Waals surface area contributed by atoms with E-state index in [4.69, 9.17) is 16.3 Å². The Bertz CT molecular complexity index is 463. The van der Waals surface area contributed by atoms with E-state index < -0.39 is 8.80 Å². The van der Waals surface area contributed by atoms with Crippen molar-refractivity contribution in [2.24, 2.45) is 0 Å². The summed E-state index contributed by atoms with van der Waals surface area (Å²) in [5, 5.41) is 1.40. The minimum Gasteiger partial charge on any atom is -0.489 e. The van der Waals surface area contributed by atoms with Gasteiger partial charge < -0.3 is 4.74 Å². The highest BCUT2D eigenvalue weighted by atomic mass is 35.5. The molecule has 0 aliphatic heterocycles. The van der Waals surface area contributed by atoms with Gasteiger partial charge in [0.15, 0.2) is 0 Å². The number of alkyl halides is 1. The van der Waals surface area contributed by atoms with Crippen LogP contribution in [0.15, 0.2) is 24.8 Å². The molecule has 0 aliphatic carbocycles. The van der Waals surface area contributed by atoms with Crippen LogP contribution in [0.2, 0.25) is 12.6 Å². The third-order valence-corrected chi connectivity index (χ3v) is 6.72. The quantitative estimate of drug-likeness (QED) is 0.435. The van der Waals surface area contributed by atoms with E-state index in [2.05, 4.69) is 53.0 Å². The summed E-state index contributed by atoms with van der Waals surface area (Å²) in [5.74, 6) is 1.81. The van der Waals surface area contributed by atoms with Crippen molar-refractivity contribution < 1.29 is 4.74 Å². The van der Waals surface area contributed by atoms with Crippen LogP contribution < -0.4 is 9.92 Å². The molecule has 0 N–H and O–H groups in total. The van der Waals surface area contributed by atoms with Crippen LogP contribution in [0.4, 0.5) is 0 Å². The Balaban J connectivity index is 3.39. The van der Waals surface area contributed by atoms with Crippen molar-refractivity contribution in [2.75, 3.05) is 12.5 Å². The Morgan fingerprint density at radius 3 is 2.50 bits per heavy atom. The van der Waals surface area contributed by atoms with Gasteiger partial charge in [0.1, 0.15) is 12.4 Å². The topological polar surface area (TPSA) is 9.23 Å². The Kier molecular flexibility index (Phi) is 6.34. The Labute approximate surface area is 130 Å². The van der Waals surface area contributed by atoms with Crippen molar-refractivity contribution in [1.29, 1.82) is 0 Å². The third kappa shape index (κ3) is 4.39. The highest BCUT2D eigenvalue weighted by Gasteiger charge is 2.24. The lowest BCUT2D eigenvalue weighted by Crippen LogP contribution is -2.31. The number of rotatable bonds is 6. The standard InChI is InChI=1S/C17H27ClOSi/c1-7-9-19-16-14(17(3,4)5)11-13(2)12-15(16)20(6)10-8-18/h7,11-12,20H,1,8-10H2,2-6H3. The van der Waals surface area contributed by atoms with Crippen molar-refractivity contribution in [2.45, 2.75) is 45.7 Å². The number of benzene rings is 1. The summed E-state index contributed by atoms with van der Waals surface area (Å²) < 4.78 is 6.04. The third-order valence-electron chi connectivity index (χ3n) is 3.49. The van der Waals surface area contributed by atoms with Gasteiger partial charge in [0.25, 0.3) is 0 Å². The second-order valence-electron chi connectivity index (χ2n) is 6.46. The summed E-state index contributed by atoms with van der Waals surface area (Å²) in [6.07, 6.45) is 1.81. The minimum atomic E-state index is -1.06. The van der Waals surface area contributed by atoms with E-state index in [1.165, 1.54) is 16.3 Å². The highest BCUT2D eigenvalue weighted by Crippen LogP contribution is 2.31. The summed E-state index contributed by atoms with van der Waals surface area (Å²) in [5.41, 5.74) is 2.68. The van der Waals surface area contributed by atoms with Crippen LogP contribution in [0, 0.1) is 6.92 Å². The first kappa shape index (κ1) is 17.3. The van der Waals surface area contributed by atoms with Gasteiger partial charge in [-0.05, 0) is 29.1 Å². The summed E-state index contributed by atoms with van der Waals surface area (Å²) in [6.45, 7) is 15.5. The largest absolute Gasteiger partial charge is 0.489 e. The van der Waals surface area contributed by atoms with Gasteiger partial charge >= 0.3 is 0 Å². The van der Waals surface area contributed by atoms with Gasteiger partial charge in [0.05, 0.1) is 8.80 Å². The Hall–Kier alpha value is -0.733. The van der Waals surface area contributed by atoms with Gasteiger partial charge in [-0.1, -0.05) is 57.7 Å². The highest BCUT2D eigenvalue weighted by molar-refractivity contribution is 6.73. The van der Waals surface area contributed by atoms with Gasteiger partial charge in [-0.15, -0.1) is 11.6 Å². The molecule has 1 unspecified atom stereocenters. The van der Waals surface area contributed by atoms with Gasteiger partial charge in [-0.3, -0.25) is 0 Å². The molecule has 0 amide bonds. The zero-order chi connectivity index (χ0) is 15.3. The maximum absolute atomic E-state index is 6.04. The number of hydrogen-bond donors (Lipinski definition) is 0. The van der Waals surface area contributed by atoms with Crippen molar-refractivity contribution in [1.82, 2.24) is 0 Å². The zero-order valence-corrected chi connectivity index (χ0v) is 15.3. The van der Waals surface area contributed by atoms with E-state index in [9.17, 15) is 0 Å². The summed E-state index contributed by atoms with van der Waals surface area (Å²) in [7, 11) is -1.06. The maximum atomic E-state index is 6.04. The summed E-state index contributed by atoms with van der Waals surface area (Å²) in [6, 6.07) is 5.64. The average molecular weight is 311 g/mol. The van der Waals surface area contributed by atoms with Crippen molar-refractivity contribution in [3.63, 3.8) is 0 Å². The van der Waals surface area contributed by atoms with Crippen LogP contribution in [0.3, 0.4) is 0 Å². The molecular formula is C17H27ClOSi. The SMILES string of the molecule is C=CCOc1c([SiH](C)CCCl)cc(C)cc1C(C)(C)C. The lowest BCUT2D eigenvalue weighted by Gasteiger charge is -2.27. The second-order valence-corrected chi connectivity index (χ2v) is 9.84. The second kappa shape index (κ2) is 7.33. The molecule has 0 heterocycles. The molecule has 1 nitrogen and oxygen atoms in total. The molecule has 1 rings (SSSR count). The van der Waals surface area contributed by atoms with Gasteiger partial charge in [0.2, 0.25) is 0 Å². The van der Waals surface area contributed by atoms with E-state index >= 15 is 0 Å². The monoisotopic (exact) mass is 310 g/mol. The summed E-state index contributed by atoms with van der Waals surface area (Å²) >= 11 is 5.95. The molecular weight excluding hydrogens is 284 g/mol. The molecule has 3 heteroatoms. The van der Waals surface area contributed by atoms with E-state index in [1.807, 2.05) is 6.08 Å². The first-order valence-corrected chi connectivity index (χ1v) is 10.3. The number of hydrogen-bond acceptors (Lipinski definition) is 1. The van der Waals surface area contributed by atoms with Crippen LogP contribution in [0.25, 0.3) is 0 Å². The van der Waals surface area contributed by atoms with Crippen LogP contribution in [-0.2, 0) is 5.41 Å². The fraction of sp³-hybridized carbons (Fsp3) is 0.529. The molecule has 0 spiro atoms. The molecule has 1 atom stereocenters. The van der Waals surface area contributed by atoms with Gasteiger partial charge in [-0.25, -0.2) is 0 Å². The molecule has 20 heavy (non-hydrogen) atoms. The summed E-state index contributed by atoms with van der Waals surface area (Å²) in [4.78, 5) is 0. The number of aryl methyl sites for hydroxylation is 1. The fourth-order valence-corrected chi connectivity index (χ4v) is 5.20. The van der Waals surface area contributed by atoms with E-state index in [0.29, 0.717) is 6.61 Å². The maximum Gasteiger partial charge on any atom is 0.122 e. The lowest BCUT2D eigenvalue weighted by atomic mass is 9.85. The Morgan fingerprint density at radius 1 is 1.35 bits per heavy atom. The first-order valence-electron chi connectivity index (χ1n) is 7.26. The molecule has 0 aliphatic rings. The fourth-order valence-electron chi connectivity index (χ4n) is 2.35. The first-order chi connectivity index (χ1) is 9.31. The number of halogens is 1. The number of ether oxygens (including phenoxy) is 1. The molecule has 0 bridgehead atoms. The predicted molar refractivity (Wildman–Crippen MR) is 93.7 cm³/mol. The van der Waals surface area contributed by atoms with Crippen molar-refractivity contribution >= 4 is 25.6 Å². The van der Waals surface area contributed by atoms with Gasteiger partial charge in [-0.2, -0.15) is 0 Å². The van der Waals surface area contributed by atoms with Crippen LogP contribution in [0.1, 0.15) is 31.9 Å². The normalized spacial score (nSPS) is 13.1. The predicted octanol–water partition coefficient (Wildman–Crippen LogP) is 4.16. The molecule has 1 aromatic rings. The minimum absolute atomic E-state index is 0.0758. The molecule has 0 saturated carbocycles. The molecule has 0 saturated heterocycles. The zero-order valence-electron chi connectivity index (χ0n) is 13.4. The molecule has 1 aromatic carbocycles. The van der Waals surface area contributed by atoms with E-state index in [1.54, 1.807) is 0 Å². The van der Waals surface area contributed by atoms with Crippen molar-refractivity contribution in [3.8, 4) is 5.75 Å².